The topological polar surface area (TPSA) is 54.0 Å². The van der Waals surface area contributed by atoms with Crippen molar-refractivity contribution in [2.75, 3.05) is 6.54 Å². The van der Waals surface area contributed by atoms with Crippen LogP contribution in [0.1, 0.15) is 45.3 Å². The fraction of sp³-hybridized carbons (Fsp3) is 0.571. The van der Waals surface area contributed by atoms with Gasteiger partial charge in [-0.05, 0) is 32.0 Å². The second kappa shape index (κ2) is 7.82. The average Bonchev–Trinajstić information content (AvgIpc) is 2.35. The highest BCUT2D eigenvalue weighted by molar-refractivity contribution is 5.76. The first-order valence-electron chi connectivity index (χ1n) is 6.53. The molecule has 0 unspecified atom stereocenters. The SMILES string of the molecule is CC(C)NCCCC(=O)N[C@H](C)c1ccccn1. The largest absolute Gasteiger partial charge is 0.348 e. The fourth-order valence-electron chi connectivity index (χ4n) is 1.66. The standard InChI is InChI=1S/C14H23N3O/c1-11(2)15-10-6-8-14(18)17-12(3)13-7-4-5-9-16-13/h4-5,7,9,11-12,15H,6,8,10H2,1-3H3,(H,17,18)/t12-/m1/s1. The summed E-state index contributed by atoms with van der Waals surface area (Å²) in [5.74, 6) is 0.0821. The van der Waals surface area contributed by atoms with Crippen molar-refractivity contribution < 1.29 is 4.79 Å². The van der Waals surface area contributed by atoms with Crippen LogP contribution in [0.4, 0.5) is 0 Å². The molecule has 4 heteroatoms. The Hall–Kier alpha value is -1.42. The Kier molecular flexibility index (Phi) is 6.36. The zero-order chi connectivity index (χ0) is 13.4. The fourth-order valence-corrected chi connectivity index (χ4v) is 1.66. The van der Waals surface area contributed by atoms with E-state index in [1.54, 1.807) is 6.20 Å². The van der Waals surface area contributed by atoms with Gasteiger partial charge >= 0.3 is 0 Å². The van der Waals surface area contributed by atoms with Crippen LogP contribution in [-0.2, 0) is 4.79 Å². The summed E-state index contributed by atoms with van der Waals surface area (Å²) in [6, 6.07) is 6.16. The molecule has 100 valence electrons. The Morgan fingerprint density at radius 2 is 2.11 bits per heavy atom. The summed E-state index contributed by atoms with van der Waals surface area (Å²) in [6.45, 7) is 7.03. The summed E-state index contributed by atoms with van der Waals surface area (Å²) in [6.07, 6.45) is 3.15. The second-order valence-electron chi connectivity index (χ2n) is 4.76. The molecule has 1 rings (SSSR count). The molecular weight excluding hydrogens is 226 g/mol. The highest BCUT2D eigenvalue weighted by Crippen LogP contribution is 2.08. The predicted molar refractivity (Wildman–Crippen MR) is 73.2 cm³/mol. The lowest BCUT2D eigenvalue weighted by molar-refractivity contribution is -0.121. The molecule has 0 spiro atoms. The highest BCUT2D eigenvalue weighted by Gasteiger charge is 2.09. The molecule has 1 atom stereocenters. The Morgan fingerprint density at radius 1 is 1.33 bits per heavy atom. The lowest BCUT2D eigenvalue weighted by Crippen LogP contribution is -2.29. The van der Waals surface area contributed by atoms with Crippen molar-refractivity contribution >= 4 is 5.91 Å². The maximum absolute atomic E-state index is 11.7. The van der Waals surface area contributed by atoms with Crippen LogP contribution in [0, 0.1) is 0 Å². The van der Waals surface area contributed by atoms with Gasteiger partial charge in [0.25, 0.3) is 0 Å². The smallest absolute Gasteiger partial charge is 0.220 e. The van der Waals surface area contributed by atoms with Crippen molar-refractivity contribution in [2.24, 2.45) is 0 Å². The number of nitrogens with zero attached hydrogens (tertiary/aromatic N) is 1. The average molecular weight is 249 g/mol. The third kappa shape index (κ3) is 5.77. The van der Waals surface area contributed by atoms with E-state index in [2.05, 4.69) is 29.5 Å². The first-order valence-corrected chi connectivity index (χ1v) is 6.53. The molecular formula is C14H23N3O. The molecule has 0 aliphatic carbocycles. The van der Waals surface area contributed by atoms with Crippen LogP contribution in [0.3, 0.4) is 0 Å². The van der Waals surface area contributed by atoms with E-state index < -0.39 is 0 Å². The summed E-state index contributed by atoms with van der Waals surface area (Å²) in [5, 5.41) is 6.25. The van der Waals surface area contributed by atoms with Crippen LogP contribution in [0.2, 0.25) is 0 Å². The number of hydrogen-bond donors (Lipinski definition) is 2. The number of carbonyl (C=O) groups excluding carboxylic acids is 1. The van der Waals surface area contributed by atoms with Crippen molar-refractivity contribution in [2.45, 2.75) is 45.7 Å². The first kappa shape index (κ1) is 14.6. The molecule has 1 amide bonds. The number of hydrogen-bond acceptors (Lipinski definition) is 3. The van der Waals surface area contributed by atoms with Crippen LogP contribution < -0.4 is 10.6 Å². The molecule has 0 saturated carbocycles. The van der Waals surface area contributed by atoms with Crippen molar-refractivity contribution in [1.29, 1.82) is 0 Å². The van der Waals surface area contributed by atoms with E-state index in [4.69, 9.17) is 0 Å². The third-order valence-corrected chi connectivity index (χ3v) is 2.64. The maximum Gasteiger partial charge on any atom is 0.220 e. The van der Waals surface area contributed by atoms with Gasteiger partial charge in [-0.2, -0.15) is 0 Å². The van der Waals surface area contributed by atoms with Gasteiger partial charge in [-0.25, -0.2) is 0 Å². The predicted octanol–water partition coefficient (Wildman–Crippen LogP) is 2.04. The van der Waals surface area contributed by atoms with E-state index >= 15 is 0 Å². The maximum atomic E-state index is 11.7. The number of amides is 1. The van der Waals surface area contributed by atoms with Crippen LogP contribution in [0.5, 0.6) is 0 Å². The van der Waals surface area contributed by atoms with Gasteiger partial charge in [0.1, 0.15) is 0 Å². The Labute approximate surface area is 109 Å². The number of nitrogens with one attached hydrogen (secondary N) is 2. The number of aromatic nitrogens is 1. The van der Waals surface area contributed by atoms with Crippen molar-refractivity contribution in [3.05, 3.63) is 30.1 Å². The zero-order valence-electron chi connectivity index (χ0n) is 11.4. The molecule has 0 aliphatic rings. The van der Waals surface area contributed by atoms with Gasteiger partial charge in [0.2, 0.25) is 5.91 Å². The summed E-state index contributed by atoms with van der Waals surface area (Å²) in [7, 11) is 0. The first-order chi connectivity index (χ1) is 8.59. The second-order valence-corrected chi connectivity index (χ2v) is 4.76. The minimum Gasteiger partial charge on any atom is -0.348 e. The molecule has 1 aromatic rings. The minimum absolute atomic E-state index is 0.0308. The van der Waals surface area contributed by atoms with Gasteiger partial charge in [0, 0.05) is 18.7 Å². The normalized spacial score (nSPS) is 12.4. The van der Waals surface area contributed by atoms with E-state index in [0.717, 1.165) is 18.7 Å². The van der Waals surface area contributed by atoms with Crippen molar-refractivity contribution in [1.82, 2.24) is 15.6 Å². The third-order valence-electron chi connectivity index (χ3n) is 2.64. The molecule has 4 nitrogen and oxygen atoms in total. The Morgan fingerprint density at radius 3 is 2.72 bits per heavy atom. The molecule has 0 radical (unpaired) electrons. The molecule has 18 heavy (non-hydrogen) atoms. The number of carbonyl (C=O) groups is 1. The van der Waals surface area contributed by atoms with E-state index in [0.29, 0.717) is 12.5 Å². The summed E-state index contributed by atoms with van der Waals surface area (Å²) in [4.78, 5) is 15.9. The van der Waals surface area contributed by atoms with E-state index in [1.165, 1.54) is 0 Å². The monoisotopic (exact) mass is 249 g/mol. The zero-order valence-corrected chi connectivity index (χ0v) is 11.4. The summed E-state index contributed by atoms with van der Waals surface area (Å²) >= 11 is 0. The lowest BCUT2D eigenvalue weighted by Gasteiger charge is -2.13. The van der Waals surface area contributed by atoms with Gasteiger partial charge in [-0.1, -0.05) is 19.9 Å². The van der Waals surface area contributed by atoms with Gasteiger partial charge < -0.3 is 10.6 Å². The summed E-state index contributed by atoms with van der Waals surface area (Å²) in [5.41, 5.74) is 0.895. The van der Waals surface area contributed by atoms with E-state index in [9.17, 15) is 4.79 Å². The molecule has 0 bridgehead atoms. The van der Waals surface area contributed by atoms with Crippen LogP contribution in [-0.4, -0.2) is 23.5 Å². The van der Waals surface area contributed by atoms with E-state index in [1.807, 2.05) is 25.1 Å². The van der Waals surface area contributed by atoms with Crippen LogP contribution >= 0.6 is 0 Å². The lowest BCUT2D eigenvalue weighted by atomic mass is 10.2. The molecule has 0 saturated heterocycles. The molecule has 0 aliphatic heterocycles. The summed E-state index contributed by atoms with van der Waals surface area (Å²) < 4.78 is 0. The molecule has 1 heterocycles. The minimum atomic E-state index is -0.0308. The Bertz CT molecular complexity index is 351. The molecule has 2 N–H and O–H groups in total. The van der Waals surface area contributed by atoms with Crippen molar-refractivity contribution in [3.63, 3.8) is 0 Å². The molecule has 0 fully saturated rings. The van der Waals surface area contributed by atoms with Crippen LogP contribution in [0.25, 0.3) is 0 Å². The van der Waals surface area contributed by atoms with Gasteiger partial charge in [-0.15, -0.1) is 0 Å². The quantitative estimate of drug-likeness (QED) is 0.727. The Balaban J connectivity index is 2.24. The molecule has 1 aromatic heterocycles. The van der Waals surface area contributed by atoms with Crippen molar-refractivity contribution in [3.8, 4) is 0 Å². The number of pyridine rings is 1. The number of rotatable bonds is 7. The highest BCUT2D eigenvalue weighted by atomic mass is 16.1. The van der Waals surface area contributed by atoms with E-state index in [-0.39, 0.29) is 11.9 Å². The van der Waals surface area contributed by atoms with Gasteiger partial charge in [-0.3, -0.25) is 9.78 Å². The van der Waals surface area contributed by atoms with Crippen LogP contribution in [0.15, 0.2) is 24.4 Å². The van der Waals surface area contributed by atoms with Gasteiger partial charge in [0.05, 0.1) is 11.7 Å². The van der Waals surface area contributed by atoms with Gasteiger partial charge in [0.15, 0.2) is 0 Å². The molecule has 0 aromatic carbocycles.